The maximum absolute atomic E-state index is 10.3. The van der Waals surface area contributed by atoms with Gasteiger partial charge in [-0.3, -0.25) is 4.68 Å². The van der Waals surface area contributed by atoms with Crippen molar-refractivity contribution in [2.24, 2.45) is 7.05 Å². The average Bonchev–Trinajstić information content (AvgIpc) is 2.68. The molecular weight excluding hydrogens is 321 g/mol. The summed E-state index contributed by atoms with van der Waals surface area (Å²) in [5.41, 5.74) is 3.99. The number of benzene rings is 1. The van der Waals surface area contributed by atoms with E-state index in [0.29, 0.717) is 22.2 Å². The van der Waals surface area contributed by atoms with Crippen LogP contribution >= 0.6 is 23.2 Å². The SMILES string of the molecule is Cc1nn(C)c(C)c1C(C)NCC(O)c1cc(Cl)cc(Cl)c1. The van der Waals surface area contributed by atoms with Crippen molar-refractivity contribution in [1.29, 1.82) is 0 Å². The minimum absolute atomic E-state index is 0.0954. The summed E-state index contributed by atoms with van der Waals surface area (Å²) in [6, 6.07) is 5.20. The van der Waals surface area contributed by atoms with Gasteiger partial charge in [0.15, 0.2) is 0 Å². The molecule has 0 bridgehead atoms. The Hall–Kier alpha value is -1.07. The fraction of sp³-hybridized carbons (Fsp3) is 0.438. The summed E-state index contributed by atoms with van der Waals surface area (Å²) in [7, 11) is 1.93. The third kappa shape index (κ3) is 3.82. The molecule has 0 aliphatic rings. The van der Waals surface area contributed by atoms with Gasteiger partial charge in [-0.1, -0.05) is 23.2 Å². The Morgan fingerprint density at radius 1 is 1.23 bits per heavy atom. The number of nitrogens with zero attached hydrogens (tertiary/aromatic N) is 2. The van der Waals surface area contributed by atoms with E-state index >= 15 is 0 Å². The van der Waals surface area contributed by atoms with E-state index < -0.39 is 6.10 Å². The number of aliphatic hydroxyl groups is 1. The fourth-order valence-corrected chi connectivity index (χ4v) is 3.24. The lowest BCUT2D eigenvalue weighted by Crippen LogP contribution is -2.25. The van der Waals surface area contributed by atoms with Gasteiger partial charge >= 0.3 is 0 Å². The summed E-state index contributed by atoms with van der Waals surface area (Å²) in [6.07, 6.45) is -0.670. The summed E-state index contributed by atoms with van der Waals surface area (Å²) in [5, 5.41) is 19.1. The van der Waals surface area contributed by atoms with Crippen LogP contribution in [0.2, 0.25) is 10.0 Å². The van der Waals surface area contributed by atoms with Crippen molar-refractivity contribution in [2.45, 2.75) is 32.9 Å². The lowest BCUT2D eigenvalue weighted by Gasteiger charge is -2.18. The van der Waals surface area contributed by atoms with Crippen LogP contribution in [0.4, 0.5) is 0 Å². The van der Waals surface area contributed by atoms with Gasteiger partial charge in [-0.25, -0.2) is 0 Å². The van der Waals surface area contributed by atoms with Gasteiger partial charge in [0, 0.05) is 40.9 Å². The Balaban J connectivity index is 2.05. The number of aryl methyl sites for hydroxylation is 2. The predicted octanol–water partition coefficient (Wildman–Crippen LogP) is 3.73. The van der Waals surface area contributed by atoms with Crippen molar-refractivity contribution in [1.82, 2.24) is 15.1 Å². The molecule has 2 atom stereocenters. The lowest BCUT2D eigenvalue weighted by molar-refractivity contribution is 0.170. The zero-order valence-electron chi connectivity index (χ0n) is 13.2. The second-order valence-electron chi connectivity index (χ2n) is 5.56. The van der Waals surface area contributed by atoms with Gasteiger partial charge in [-0.2, -0.15) is 5.10 Å². The monoisotopic (exact) mass is 341 g/mol. The van der Waals surface area contributed by atoms with Crippen LogP contribution < -0.4 is 5.32 Å². The molecule has 0 radical (unpaired) electrons. The second kappa shape index (κ2) is 7.01. The number of halogens is 2. The van der Waals surface area contributed by atoms with Crippen LogP contribution in [0.25, 0.3) is 0 Å². The molecule has 1 heterocycles. The molecule has 4 nitrogen and oxygen atoms in total. The Morgan fingerprint density at radius 3 is 2.32 bits per heavy atom. The second-order valence-corrected chi connectivity index (χ2v) is 6.43. The highest BCUT2D eigenvalue weighted by Crippen LogP contribution is 2.25. The minimum atomic E-state index is -0.670. The standard InChI is InChI=1S/C16H21Cl2N3O/c1-9(16-10(2)20-21(4)11(16)3)19-8-15(22)12-5-13(17)7-14(18)6-12/h5-7,9,15,19,22H,8H2,1-4H3. The van der Waals surface area contributed by atoms with Crippen molar-refractivity contribution in [2.75, 3.05) is 6.54 Å². The van der Waals surface area contributed by atoms with E-state index in [1.54, 1.807) is 18.2 Å². The largest absolute Gasteiger partial charge is 0.387 e. The van der Waals surface area contributed by atoms with Crippen LogP contribution in [0.15, 0.2) is 18.2 Å². The lowest BCUT2D eigenvalue weighted by atomic mass is 10.1. The van der Waals surface area contributed by atoms with Crippen LogP contribution in [0.3, 0.4) is 0 Å². The summed E-state index contributed by atoms with van der Waals surface area (Å²) >= 11 is 11.9. The van der Waals surface area contributed by atoms with E-state index in [-0.39, 0.29) is 6.04 Å². The van der Waals surface area contributed by atoms with Gasteiger partial charge in [-0.15, -0.1) is 0 Å². The predicted molar refractivity (Wildman–Crippen MR) is 90.5 cm³/mol. The van der Waals surface area contributed by atoms with Crippen molar-refractivity contribution in [3.63, 3.8) is 0 Å². The molecule has 2 N–H and O–H groups in total. The van der Waals surface area contributed by atoms with Crippen molar-refractivity contribution >= 4 is 23.2 Å². The zero-order valence-corrected chi connectivity index (χ0v) is 14.7. The van der Waals surface area contributed by atoms with Crippen LogP contribution in [-0.2, 0) is 7.05 Å². The quantitative estimate of drug-likeness (QED) is 0.871. The number of nitrogens with one attached hydrogen (secondary N) is 1. The first-order chi connectivity index (χ1) is 10.3. The van der Waals surface area contributed by atoms with Crippen LogP contribution in [0.5, 0.6) is 0 Å². The normalized spacial score (nSPS) is 14.1. The maximum atomic E-state index is 10.3. The Morgan fingerprint density at radius 2 is 1.82 bits per heavy atom. The Bertz CT molecular complexity index is 649. The number of rotatable bonds is 5. The topological polar surface area (TPSA) is 50.1 Å². The molecule has 2 unspecified atom stereocenters. The molecule has 0 saturated carbocycles. The first-order valence-electron chi connectivity index (χ1n) is 7.17. The first kappa shape index (κ1) is 17.3. The van der Waals surface area contributed by atoms with E-state index in [9.17, 15) is 5.11 Å². The first-order valence-corrected chi connectivity index (χ1v) is 7.92. The molecule has 120 valence electrons. The smallest absolute Gasteiger partial charge is 0.0915 e. The van der Waals surface area contributed by atoms with E-state index in [1.165, 1.54) is 5.56 Å². The maximum Gasteiger partial charge on any atom is 0.0915 e. The molecule has 6 heteroatoms. The molecule has 2 aromatic rings. The molecule has 0 amide bonds. The molecule has 0 fully saturated rings. The van der Waals surface area contributed by atoms with Crippen LogP contribution in [0, 0.1) is 13.8 Å². The van der Waals surface area contributed by atoms with Gasteiger partial charge in [0.25, 0.3) is 0 Å². The van der Waals surface area contributed by atoms with Gasteiger partial charge < -0.3 is 10.4 Å². The number of hydrogen-bond donors (Lipinski definition) is 2. The highest BCUT2D eigenvalue weighted by molar-refractivity contribution is 6.34. The molecule has 0 aliphatic heterocycles. The van der Waals surface area contributed by atoms with Crippen molar-refractivity contribution < 1.29 is 5.11 Å². The number of aromatic nitrogens is 2. The molecule has 0 aliphatic carbocycles. The van der Waals surface area contributed by atoms with Crippen molar-refractivity contribution in [3.05, 3.63) is 50.8 Å². The minimum Gasteiger partial charge on any atom is -0.387 e. The molecule has 2 rings (SSSR count). The molecule has 22 heavy (non-hydrogen) atoms. The Kier molecular flexibility index (Phi) is 5.50. The summed E-state index contributed by atoms with van der Waals surface area (Å²) in [5.74, 6) is 0. The van der Waals surface area contributed by atoms with E-state index in [2.05, 4.69) is 17.3 Å². The van der Waals surface area contributed by atoms with Gasteiger partial charge in [-0.05, 0) is 44.5 Å². The third-order valence-electron chi connectivity index (χ3n) is 3.89. The van der Waals surface area contributed by atoms with Gasteiger partial charge in [0.1, 0.15) is 0 Å². The summed E-state index contributed by atoms with van der Waals surface area (Å²) < 4.78 is 1.87. The molecular formula is C16H21Cl2N3O. The Labute approximate surface area is 141 Å². The highest BCUT2D eigenvalue weighted by atomic mass is 35.5. The van der Waals surface area contributed by atoms with E-state index in [0.717, 1.165) is 11.4 Å². The van der Waals surface area contributed by atoms with Gasteiger partial charge in [0.05, 0.1) is 11.8 Å². The molecule has 0 spiro atoms. The fourth-order valence-electron chi connectivity index (χ4n) is 2.69. The van der Waals surface area contributed by atoms with Crippen LogP contribution in [-0.4, -0.2) is 21.4 Å². The zero-order chi connectivity index (χ0) is 16.4. The number of hydrogen-bond acceptors (Lipinski definition) is 3. The number of aliphatic hydroxyl groups excluding tert-OH is 1. The van der Waals surface area contributed by atoms with Crippen molar-refractivity contribution in [3.8, 4) is 0 Å². The molecule has 1 aromatic carbocycles. The van der Waals surface area contributed by atoms with E-state index in [1.807, 2.05) is 25.6 Å². The van der Waals surface area contributed by atoms with E-state index in [4.69, 9.17) is 23.2 Å². The average molecular weight is 342 g/mol. The summed E-state index contributed by atoms with van der Waals surface area (Å²) in [6.45, 7) is 6.51. The molecule has 1 aromatic heterocycles. The van der Waals surface area contributed by atoms with Gasteiger partial charge in [0.2, 0.25) is 0 Å². The third-order valence-corrected chi connectivity index (χ3v) is 4.32. The highest BCUT2D eigenvalue weighted by Gasteiger charge is 2.17. The summed E-state index contributed by atoms with van der Waals surface area (Å²) in [4.78, 5) is 0. The van der Waals surface area contributed by atoms with Crippen LogP contribution in [0.1, 0.15) is 41.6 Å². The molecule has 0 saturated heterocycles.